The molecule has 3 aromatic rings. The second-order valence-electron chi connectivity index (χ2n) is 5.96. The Morgan fingerprint density at radius 3 is 2.17 bits per heavy atom. The smallest absolute Gasteiger partial charge is 0.345 e. The molecule has 0 radical (unpaired) electrons. The monoisotopic (exact) mass is 442 g/mol. The zero-order chi connectivity index (χ0) is 21.5. The third-order valence-electron chi connectivity index (χ3n) is 3.98. The van der Waals surface area contributed by atoms with Gasteiger partial charge in [-0.05, 0) is 48.0 Å². The Hall–Kier alpha value is -3.35. The number of halogens is 2. The van der Waals surface area contributed by atoms with E-state index >= 15 is 0 Å². The van der Waals surface area contributed by atoms with Crippen LogP contribution >= 0.6 is 23.2 Å². The Morgan fingerprint density at radius 1 is 0.900 bits per heavy atom. The molecule has 0 fully saturated rings. The number of nitrogens with one attached hydrogen (secondary N) is 1. The molecule has 3 aromatic carbocycles. The van der Waals surface area contributed by atoms with E-state index in [2.05, 4.69) is 10.5 Å². The molecule has 30 heavy (non-hydrogen) atoms. The first kappa shape index (κ1) is 21.4. The van der Waals surface area contributed by atoms with Gasteiger partial charge in [-0.1, -0.05) is 47.5 Å². The summed E-state index contributed by atoms with van der Waals surface area (Å²) in [5.74, 6) is -0.502. The maximum absolute atomic E-state index is 12.4. The molecule has 0 spiro atoms. The number of hydrogen-bond acceptors (Lipinski definition) is 5. The average molecular weight is 443 g/mol. The van der Waals surface area contributed by atoms with Crippen LogP contribution in [0.25, 0.3) is 0 Å². The molecule has 0 aliphatic carbocycles. The summed E-state index contributed by atoms with van der Waals surface area (Å²) in [7, 11) is 1.45. The Kier molecular flexibility index (Phi) is 7.06. The number of esters is 1. The SMILES string of the molecule is COc1cc(/C=N/NC(=O)c2ccccc2Cl)ccc1OC(=O)c1ccccc1Cl. The summed E-state index contributed by atoms with van der Waals surface area (Å²) < 4.78 is 10.7. The summed E-state index contributed by atoms with van der Waals surface area (Å²) in [5.41, 5.74) is 3.58. The standard InChI is InChI=1S/C22H16Cl2N2O4/c1-29-20-12-14(13-25-26-21(27)15-6-2-4-8-17(15)23)10-11-19(20)30-22(28)16-7-3-5-9-18(16)24/h2-13H,1H3,(H,26,27)/b25-13+. The number of nitrogens with zero attached hydrogens (tertiary/aromatic N) is 1. The van der Waals surface area contributed by atoms with Crippen molar-refractivity contribution in [2.45, 2.75) is 0 Å². The van der Waals surface area contributed by atoms with E-state index in [4.69, 9.17) is 32.7 Å². The van der Waals surface area contributed by atoms with E-state index in [9.17, 15) is 9.59 Å². The van der Waals surface area contributed by atoms with Crippen molar-refractivity contribution in [1.82, 2.24) is 5.43 Å². The van der Waals surface area contributed by atoms with Crippen molar-refractivity contribution in [1.29, 1.82) is 0 Å². The highest BCUT2D eigenvalue weighted by molar-refractivity contribution is 6.34. The van der Waals surface area contributed by atoms with Crippen molar-refractivity contribution in [2.75, 3.05) is 7.11 Å². The van der Waals surface area contributed by atoms with Gasteiger partial charge in [0.15, 0.2) is 11.5 Å². The number of methoxy groups -OCH3 is 1. The van der Waals surface area contributed by atoms with Crippen molar-refractivity contribution in [3.63, 3.8) is 0 Å². The lowest BCUT2D eigenvalue weighted by Gasteiger charge is -2.10. The lowest BCUT2D eigenvalue weighted by atomic mass is 10.2. The Bertz CT molecular complexity index is 1120. The normalized spacial score (nSPS) is 10.6. The van der Waals surface area contributed by atoms with Gasteiger partial charge in [-0.3, -0.25) is 4.79 Å². The summed E-state index contributed by atoms with van der Waals surface area (Å²) in [6.07, 6.45) is 1.43. The maximum Gasteiger partial charge on any atom is 0.345 e. The largest absolute Gasteiger partial charge is 0.493 e. The van der Waals surface area contributed by atoms with E-state index in [1.54, 1.807) is 66.7 Å². The molecule has 0 bridgehead atoms. The fourth-order valence-corrected chi connectivity index (χ4v) is 2.94. The molecular formula is C22H16Cl2N2O4. The van der Waals surface area contributed by atoms with Crippen LogP contribution in [0.15, 0.2) is 71.8 Å². The minimum Gasteiger partial charge on any atom is -0.493 e. The molecule has 0 saturated heterocycles. The molecule has 0 unspecified atom stereocenters. The van der Waals surface area contributed by atoms with Gasteiger partial charge >= 0.3 is 5.97 Å². The number of benzene rings is 3. The fraction of sp³-hybridized carbons (Fsp3) is 0.0455. The molecular weight excluding hydrogens is 427 g/mol. The highest BCUT2D eigenvalue weighted by Gasteiger charge is 2.15. The number of carbonyl (C=O) groups excluding carboxylic acids is 2. The number of carbonyl (C=O) groups is 2. The van der Waals surface area contributed by atoms with Gasteiger partial charge in [-0.2, -0.15) is 5.10 Å². The van der Waals surface area contributed by atoms with Crippen LogP contribution in [0.5, 0.6) is 11.5 Å². The summed E-state index contributed by atoms with van der Waals surface area (Å²) in [6.45, 7) is 0. The first-order chi connectivity index (χ1) is 14.5. The molecule has 6 nitrogen and oxygen atoms in total. The van der Waals surface area contributed by atoms with Crippen LogP contribution in [0.1, 0.15) is 26.3 Å². The molecule has 0 heterocycles. The zero-order valence-corrected chi connectivity index (χ0v) is 17.3. The van der Waals surface area contributed by atoms with Crippen LogP contribution < -0.4 is 14.9 Å². The minimum absolute atomic E-state index is 0.222. The molecule has 0 saturated carbocycles. The van der Waals surface area contributed by atoms with Crippen LogP contribution in [0.4, 0.5) is 0 Å². The van der Waals surface area contributed by atoms with Gasteiger partial charge in [-0.15, -0.1) is 0 Å². The number of ether oxygens (including phenoxy) is 2. The van der Waals surface area contributed by atoms with Crippen LogP contribution in [0.3, 0.4) is 0 Å². The molecule has 152 valence electrons. The molecule has 0 aliphatic heterocycles. The molecule has 1 N–H and O–H groups in total. The summed E-state index contributed by atoms with van der Waals surface area (Å²) in [6, 6.07) is 18.1. The molecule has 1 amide bonds. The lowest BCUT2D eigenvalue weighted by Crippen LogP contribution is -2.17. The van der Waals surface area contributed by atoms with E-state index < -0.39 is 11.9 Å². The van der Waals surface area contributed by atoms with Gasteiger partial charge in [0.1, 0.15) is 0 Å². The van der Waals surface area contributed by atoms with Crippen molar-refractivity contribution < 1.29 is 19.1 Å². The number of amides is 1. The third-order valence-corrected chi connectivity index (χ3v) is 4.64. The molecule has 0 atom stereocenters. The predicted octanol–water partition coefficient (Wildman–Crippen LogP) is 4.99. The molecule has 0 aromatic heterocycles. The fourth-order valence-electron chi connectivity index (χ4n) is 2.50. The average Bonchev–Trinajstić information content (AvgIpc) is 2.75. The molecule has 8 heteroatoms. The first-order valence-corrected chi connectivity index (χ1v) is 9.48. The van der Waals surface area contributed by atoms with Gasteiger partial charge < -0.3 is 9.47 Å². The van der Waals surface area contributed by atoms with E-state index in [0.29, 0.717) is 26.9 Å². The second kappa shape index (κ2) is 9.91. The Balaban J connectivity index is 1.70. The van der Waals surface area contributed by atoms with E-state index in [0.717, 1.165) is 0 Å². The topological polar surface area (TPSA) is 77.0 Å². The van der Waals surface area contributed by atoms with Gasteiger partial charge in [-0.25, -0.2) is 10.2 Å². The van der Waals surface area contributed by atoms with Gasteiger partial charge in [0.25, 0.3) is 5.91 Å². The van der Waals surface area contributed by atoms with Crippen LogP contribution in [-0.2, 0) is 0 Å². The summed E-state index contributed by atoms with van der Waals surface area (Å²) >= 11 is 12.0. The second-order valence-corrected chi connectivity index (χ2v) is 6.77. The molecule has 3 rings (SSSR count). The summed E-state index contributed by atoms with van der Waals surface area (Å²) in [4.78, 5) is 24.5. The van der Waals surface area contributed by atoms with E-state index in [1.807, 2.05) is 0 Å². The quantitative estimate of drug-likeness (QED) is 0.252. The van der Waals surface area contributed by atoms with Crippen LogP contribution in [0, 0.1) is 0 Å². The van der Waals surface area contributed by atoms with Crippen LogP contribution in [0.2, 0.25) is 10.0 Å². The predicted molar refractivity (Wildman–Crippen MR) is 116 cm³/mol. The van der Waals surface area contributed by atoms with Crippen molar-refractivity contribution in [3.05, 3.63) is 93.5 Å². The number of rotatable bonds is 6. The van der Waals surface area contributed by atoms with E-state index in [1.165, 1.54) is 13.3 Å². The lowest BCUT2D eigenvalue weighted by molar-refractivity contribution is 0.0729. The van der Waals surface area contributed by atoms with Gasteiger partial charge in [0.05, 0.1) is 34.5 Å². The Morgan fingerprint density at radius 2 is 1.53 bits per heavy atom. The van der Waals surface area contributed by atoms with Crippen molar-refractivity contribution in [2.24, 2.45) is 5.10 Å². The highest BCUT2D eigenvalue weighted by atomic mass is 35.5. The molecule has 0 aliphatic rings. The van der Waals surface area contributed by atoms with Crippen LogP contribution in [-0.4, -0.2) is 25.2 Å². The van der Waals surface area contributed by atoms with Crippen molar-refractivity contribution in [3.8, 4) is 11.5 Å². The maximum atomic E-state index is 12.4. The first-order valence-electron chi connectivity index (χ1n) is 8.72. The Labute approximate surface area is 183 Å². The van der Waals surface area contributed by atoms with Crippen molar-refractivity contribution >= 4 is 41.3 Å². The minimum atomic E-state index is -0.604. The third kappa shape index (κ3) is 5.17. The van der Waals surface area contributed by atoms with Gasteiger partial charge in [0, 0.05) is 0 Å². The number of hydrogen-bond donors (Lipinski definition) is 1. The van der Waals surface area contributed by atoms with E-state index in [-0.39, 0.29) is 11.3 Å². The summed E-state index contributed by atoms with van der Waals surface area (Å²) in [5, 5.41) is 4.54. The highest BCUT2D eigenvalue weighted by Crippen LogP contribution is 2.29. The van der Waals surface area contributed by atoms with Gasteiger partial charge in [0.2, 0.25) is 0 Å². The number of hydrazone groups is 1. The zero-order valence-electron chi connectivity index (χ0n) is 15.8.